The number of aromatic nitrogens is 6. The van der Waals surface area contributed by atoms with Gasteiger partial charge in [-0.1, -0.05) is 5.21 Å². The molecule has 6 heterocycles. The number of nitrogens with zero attached hydrogens (tertiary/aromatic N) is 8. The first-order valence-electron chi connectivity index (χ1n) is 13.0. The summed E-state index contributed by atoms with van der Waals surface area (Å²) in [6.07, 6.45) is 3.27. The van der Waals surface area contributed by atoms with Crippen LogP contribution in [-0.2, 0) is 9.47 Å². The summed E-state index contributed by atoms with van der Waals surface area (Å²) < 4.78 is 48.8. The van der Waals surface area contributed by atoms with Crippen LogP contribution in [0.15, 0.2) is 36.8 Å². The quantitative estimate of drug-likeness (QED) is 0.326. The number of piperidine rings is 1. The van der Waals surface area contributed by atoms with Gasteiger partial charge in [0.25, 0.3) is 0 Å². The molecule has 0 unspecified atom stereocenters. The number of pyridine rings is 2. The Balaban J connectivity index is 1.28. The standard InChI is InChI=1S/C27H28F2N8O3/c1-16-26(33-34-37(16)23-5-6-35(12-21(23)29)20-13-39-14-20)17-7-24(27-18(8-30)9-32-36(27)11-17)40-15-25(38-2)22-4-3-19(28)10-31-22/h3-4,7,9-11,20-21,23,25H,5-6,12-15H2,1-2H3/t21-,23+,25+/m0/s1. The highest BCUT2D eigenvalue weighted by Gasteiger charge is 2.37. The number of hydrogen-bond acceptors (Lipinski definition) is 9. The molecular weight excluding hydrogens is 522 g/mol. The fraction of sp³-hybridized carbons (Fsp3) is 0.444. The Morgan fingerprint density at radius 1 is 1.27 bits per heavy atom. The number of alkyl halides is 1. The van der Waals surface area contributed by atoms with Crippen molar-refractivity contribution in [3.8, 4) is 23.1 Å². The van der Waals surface area contributed by atoms with Crippen LogP contribution in [0.2, 0.25) is 0 Å². The molecule has 4 aromatic heterocycles. The Bertz CT molecular complexity index is 1550. The molecular formula is C27H28F2N8O3. The monoisotopic (exact) mass is 550 g/mol. The van der Waals surface area contributed by atoms with Crippen molar-refractivity contribution in [1.29, 1.82) is 5.26 Å². The van der Waals surface area contributed by atoms with Gasteiger partial charge < -0.3 is 14.2 Å². The van der Waals surface area contributed by atoms with E-state index in [4.69, 9.17) is 14.2 Å². The summed E-state index contributed by atoms with van der Waals surface area (Å²) in [5.41, 5.74) is 3.24. The van der Waals surface area contributed by atoms with Gasteiger partial charge in [-0.3, -0.25) is 9.88 Å². The number of halogens is 2. The number of ether oxygens (including phenoxy) is 3. The third-order valence-corrected chi connectivity index (χ3v) is 7.64. The highest BCUT2D eigenvalue weighted by molar-refractivity contribution is 5.74. The summed E-state index contributed by atoms with van der Waals surface area (Å²) in [6.45, 7) is 4.33. The van der Waals surface area contributed by atoms with E-state index >= 15 is 4.39 Å². The van der Waals surface area contributed by atoms with E-state index in [1.165, 1.54) is 25.4 Å². The molecule has 13 heteroatoms. The molecule has 40 heavy (non-hydrogen) atoms. The SMILES string of the molecule is CO[C@H](COc1cc(-c2nnn([C@@H]3CCN(C4COC4)C[C@@H]3F)c2C)cn2ncc(C#N)c12)c1ccc(F)cn1. The lowest BCUT2D eigenvalue weighted by molar-refractivity contribution is -0.0849. The average Bonchev–Trinajstić information content (AvgIpc) is 3.52. The molecule has 4 aromatic rings. The number of nitriles is 1. The lowest BCUT2D eigenvalue weighted by atomic mass is 10.00. The van der Waals surface area contributed by atoms with Crippen LogP contribution in [0.25, 0.3) is 16.8 Å². The lowest BCUT2D eigenvalue weighted by Crippen LogP contribution is -2.55. The molecule has 11 nitrogen and oxygen atoms in total. The Hall–Kier alpha value is -3.99. The molecule has 6 rings (SSSR count). The van der Waals surface area contributed by atoms with Crippen LogP contribution in [0.5, 0.6) is 5.75 Å². The van der Waals surface area contributed by atoms with Crippen LogP contribution in [-0.4, -0.2) is 86.7 Å². The zero-order chi connectivity index (χ0) is 27.8. The van der Waals surface area contributed by atoms with Crippen LogP contribution in [0.3, 0.4) is 0 Å². The van der Waals surface area contributed by atoms with Crippen molar-refractivity contribution < 1.29 is 23.0 Å². The Morgan fingerprint density at radius 2 is 2.12 bits per heavy atom. The molecule has 0 aliphatic carbocycles. The topological polar surface area (TPSA) is 116 Å². The summed E-state index contributed by atoms with van der Waals surface area (Å²) in [7, 11) is 1.51. The van der Waals surface area contributed by atoms with Crippen molar-refractivity contribution in [3.63, 3.8) is 0 Å². The van der Waals surface area contributed by atoms with Crippen molar-refractivity contribution in [2.24, 2.45) is 0 Å². The minimum Gasteiger partial charge on any atom is -0.488 e. The molecule has 2 aliphatic heterocycles. The summed E-state index contributed by atoms with van der Waals surface area (Å²) in [5.74, 6) is -0.0723. The molecule has 0 amide bonds. The van der Waals surface area contributed by atoms with Crippen LogP contribution in [0, 0.1) is 24.1 Å². The first kappa shape index (κ1) is 26.2. The number of hydrogen-bond donors (Lipinski definition) is 0. The molecule has 0 aromatic carbocycles. The Morgan fingerprint density at radius 3 is 2.80 bits per heavy atom. The Labute approximate surface area is 228 Å². The van der Waals surface area contributed by atoms with Gasteiger partial charge in [0.15, 0.2) is 0 Å². The normalized spacial score (nSPS) is 20.8. The van der Waals surface area contributed by atoms with Gasteiger partial charge in [0.2, 0.25) is 0 Å². The predicted molar refractivity (Wildman–Crippen MR) is 138 cm³/mol. The van der Waals surface area contributed by atoms with Gasteiger partial charge in [0.05, 0.1) is 49.1 Å². The molecule has 0 radical (unpaired) electrons. The van der Waals surface area contributed by atoms with E-state index in [-0.39, 0.29) is 6.61 Å². The van der Waals surface area contributed by atoms with Crippen molar-refractivity contribution >= 4 is 5.52 Å². The van der Waals surface area contributed by atoms with Gasteiger partial charge in [-0.05, 0) is 31.5 Å². The van der Waals surface area contributed by atoms with Crippen molar-refractivity contribution in [3.05, 3.63) is 59.6 Å². The van der Waals surface area contributed by atoms with E-state index in [9.17, 15) is 9.65 Å². The van der Waals surface area contributed by atoms with Crippen LogP contribution in [0.1, 0.15) is 35.5 Å². The smallest absolute Gasteiger partial charge is 0.147 e. The van der Waals surface area contributed by atoms with E-state index in [2.05, 4.69) is 31.4 Å². The second-order valence-corrected chi connectivity index (χ2v) is 10.0. The fourth-order valence-electron chi connectivity index (χ4n) is 5.30. The minimum atomic E-state index is -1.08. The first-order chi connectivity index (χ1) is 19.5. The number of likely N-dealkylation sites (tertiary alicyclic amines) is 1. The maximum Gasteiger partial charge on any atom is 0.147 e. The molecule has 3 atom stereocenters. The van der Waals surface area contributed by atoms with Gasteiger partial charge in [0.1, 0.15) is 53.3 Å². The van der Waals surface area contributed by atoms with Crippen molar-refractivity contribution in [1.82, 2.24) is 34.5 Å². The second kappa shape index (κ2) is 10.9. The number of methoxy groups -OCH3 is 1. The molecule has 0 bridgehead atoms. The predicted octanol–water partition coefficient (Wildman–Crippen LogP) is 3.06. The summed E-state index contributed by atoms with van der Waals surface area (Å²) >= 11 is 0. The van der Waals surface area contributed by atoms with E-state index in [0.717, 1.165) is 18.4 Å². The fourth-order valence-corrected chi connectivity index (χ4v) is 5.30. The molecule has 0 spiro atoms. The molecule has 2 fully saturated rings. The number of fused-ring (bicyclic) bond motifs is 1. The van der Waals surface area contributed by atoms with E-state index < -0.39 is 24.1 Å². The summed E-state index contributed by atoms with van der Waals surface area (Å²) in [6, 6.07) is 6.61. The second-order valence-electron chi connectivity index (χ2n) is 10.0. The van der Waals surface area contributed by atoms with Gasteiger partial charge in [-0.25, -0.2) is 18.0 Å². The molecule has 0 N–H and O–H groups in total. The van der Waals surface area contributed by atoms with Crippen molar-refractivity contribution in [2.75, 3.05) is 40.0 Å². The van der Waals surface area contributed by atoms with Gasteiger partial charge in [-0.15, -0.1) is 5.10 Å². The highest BCUT2D eigenvalue weighted by Crippen LogP contribution is 2.34. The molecule has 2 saturated heterocycles. The highest BCUT2D eigenvalue weighted by atomic mass is 19.1. The number of rotatable bonds is 8. The largest absolute Gasteiger partial charge is 0.488 e. The van der Waals surface area contributed by atoms with Crippen molar-refractivity contribution in [2.45, 2.75) is 37.7 Å². The maximum atomic E-state index is 15.3. The van der Waals surface area contributed by atoms with Gasteiger partial charge >= 0.3 is 0 Å². The first-order valence-corrected chi connectivity index (χ1v) is 13.0. The summed E-state index contributed by atoms with van der Waals surface area (Å²) in [5, 5.41) is 22.7. The molecule has 2 aliphatic rings. The van der Waals surface area contributed by atoms with Crippen LogP contribution in [0.4, 0.5) is 8.78 Å². The summed E-state index contributed by atoms with van der Waals surface area (Å²) in [4.78, 5) is 6.24. The molecule has 0 saturated carbocycles. The zero-order valence-electron chi connectivity index (χ0n) is 22.1. The van der Waals surface area contributed by atoms with Crippen LogP contribution < -0.4 is 4.74 Å². The minimum absolute atomic E-state index is 0.0457. The van der Waals surface area contributed by atoms with E-state index in [0.29, 0.717) is 66.0 Å². The Kier molecular flexibility index (Phi) is 7.14. The maximum absolute atomic E-state index is 15.3. The van der Waals surface area contributed by atoms with E-state index in [1.807, 2.05) is 6.92 Å². The zero-order valence-corrected chi connectivity index (χ0v) is 22.1. The molecule has 208 valence electrons. The van der Waals surface area contributed by atoms with E-state index in [1.54, 1.807) is 21.5 Å². The van der Waals surface area contributed by atoms with Gasteiger partial charge in [-0.2, -0.15) is 10.4 Å². The third kappa shape index (κ3) is 4.78. The average molecular weight is 551 g/mol. The van der Waals surface area contributed by atoms with Gasteiger partial charge in [0, 0.05) is 32.0 Å². The lowest BCUT2D eigenvalue weighted by Gasteiger charge is -2.42. The third-order valence-electron chi connectivity index (χ3n) is 7.64. The van der Waals surface area contributed by atoms with Crippen LogP contribution >= 0.6 is 0 Å².